The molecule has 4 nitrogen and oxygen atoms in total. The van der Waals surface area contributed by atoms with Crippen molar-refractivity contribution >= 4 is 5.96 Å². The summed E-state index contributed by atoms with van der Waals surface area (Å²) in [4.78, 5) is 11.3. The van der Waals surface area contributed by atoms with Crippen molar-refractivity contribution in [3.8, 4) is 11.1 Å². The van der Waals surface area contributed by atoms with E-state index in [0.29, 0.717) is 6.04 Å². The molecule has 3 heterocycles. The van der Waals surface area contributed by atoms with Gasteiger partial charge < -0.3 is 10.2 Å². The Morgan fingerprint density at radius 1 is 1.04 bits per heavy atom. The first-order valence-corrected chi connectivity index (χ1v) is 9.28. The smallest absolute Gasteiger partial charge is 0.194 e. The number of aliphatic imine (C=N–C) groups is 1. The zero-order valence-electron chi connectivity index (χ0n) is 15.0. The molecule has 0 spiro atoms. The fraction of sp³-hybridized carbons (Fsp3) is 0.429. The second-order valence-corrected chi connectivity index (χ2v) is 7.38. The lowest BCUT2D eigenvalue weighted by Crippen LogP contribution is -2.48. The summed E-state index contributed by atoms with van der Waals surface area (Å²) in [6.07, 6.45) is 6.27. The van der Waals surface area contributed by atoms with Gasteiger partial charge in [-0.1, -0.05) is 31.2 Å². The van der Waals surface area contributed by atoms with Gasteiger partial charge >= 0.3 is 0 Å². The lowest BCUT2D eigenvalue weighted by atomic mass is 9.95. The first kappa shape index (κ1) is 16.1. The van der Waals surface area contributed by atoms with E-state index >= 15 is 0 Å². The Morgan fingerprint density at radius 2 is 1.76 bits per heavy atom. The van der Waals surface area contributed by atoms with Crippen LogP contribution in [0.4, 0.5) is 0 Å². The highest BCUT2D eigenvalue weighted by Crippen LogP contribution is 2.27. The van der Waals surface area contributed by atoms with Gasteiger partial charge in [0.2, 0.25) is 0 Å². The number of pyridine rings is 1. The van der Waals surface area contributed by atoms with Crippen LogP contribution in [0, 0.1) is 5.92 Å². The summed E-state index contributed by atoms with van der Waals surface area (Å²) < 4.78 is 0. The number of rotatable bonds is 3. The Balaban J connectivity index is 1.44. The second kappa shape index (κ2) is 6.87. The van der Waals surface area contributed by atoms with Crippen molar-refractivity contribution in [3.63, 3.8) is 0 Å². The standard InChI is InChI=1S/C21H26N4/c1-15-3-8-20-13-23-21(25(20)14-15)24-16(2)17-4-6-18(7-5-17)19-9-11-22-12-10-19/h4-7,9-12,15-16,20H,3,8,13-14H2,1-2H3,(H,23,24). The molecule has 4 heteroatoms. The van der Waals surface area contributed by atoms with Gasteiger partial charge in [-0.25, -0.2) is 0 Å². The summed E-state index contributed by atoms with van der Waals surface area (Å²) in [5.41, 5.74) is 3.71. The van der Waals surface area contributed by atoms with Crippen LogP contribution >= 0.6 is 0 Å². The normalized spacial score (nSPS) is 23.8. The van der Waals surface area contributed by atoms with Crippen LogP contribution in [0.25, 0.3) is 11.1 Å². The molecule has 0 aliphatic carbocycles. The number of guanidine groups is 1. The Bertz CT molecular complexity index is 738. The van der Waals surface area contributed by atoms with E-state index in [4.69, 9.17) is 4.99 Å². The molecule has 0 saturated carbocycles. The number of hydrogen-bond donors (Lipinski definition) is 1. The summed E-state index contributed by atoms with van der Waals surface area (Å²) in [6.45, 7) is 6.63. The number of nitrogens with one attached hydrogen (secondary N) is 1. The molecule has 2 aromatic rings. The number of piperidine rings is 1. The van der Waals surface area contributed by atoms with Crippen molar-refractivity contribution in [2.24, 2.45) is 10.9 Å². The summed E-state index contributed by atoms with van der Waals surface area (Å²) in [5.74, 6) is 1.85. The molecule has 4 rings (SSSR count). The van der Waals surface area contributed by atoms with E-state index in [1.165, 1.54) is 29.5 Å². The van der Waals surface area contributed by atoms with Gasteiger partial charge in [-0.3, -0.25) is 9.98 Å². The van der Waals surface area contributed by atoms with Gasteiger partial charge in [0.05, 0.1) is 18.6 Å². The number of aromatic nitrogens is 1. The van der Waals surface area contributed by atoms with Crippen LogP contribution in [-0.2, 0) is 0 Å². The molecule has 2 aliphatic heterocycles. The molecule has 1 aromatic heterocycles. The summed E-state index contributed by atoms with van der Waals surface area (Å²) in [5, 5.41) is 3.64. The number of hydrogen-bond acceptors (Lipinski definition) is 4. The third-order valence-corrected chi connectivity index (χ3v) is 5.44. The predicted octanol–water partition coefficient (Wildman–Crippen LogP) is 3.87. The predicted molar refractivity (Wildman–Crippen MR) is 102 cm³/mol. The zero-order valence-corrected chi connectivity index (χ0v) is 15.0. The number of fused-ring (bicyclic) bond motifs is 1. The van der Waals surface area contributed by atoms with Crippen molar-refractivity contribution in [2.75, 3.05) is 13.1 Å². The van der Waals surface area contributed by atoms with Gasteiger partial charge in [-0.15, -0.1) is 0 Å². The lowest BCUT2D eigenvalue weighted by molar-refractivity contribution is 0.210. The van der Waals surface area contributed by atoms with Gasteiger partial charge in [0.15, 0.2) is 5.96 Å². The largest absolute Gasteiger partial charge is 0.350 e. The maximum absolute atomic E-state index is 4.77. The van der Waals surface area contributed by atoms with Crippen LogP contribution in [0.15, 0.2) is 53.8 Å². The molecule has 0 amide bonds. The monoisotopic (exact) mass is 334 g/mol. The van der Waals surface area contributed by atoms with Crippen LogP contribution < -0.4 is 5.32 Å². The van der Waals surface area contributed by atoms with Crippen molar-refractivity contribution in [2.45, 2.75) is 38.8 Å². The van der Waals surface area contributed by atoms with Gasteiger partial charge in [0.25, 0.3) is 0 Å². The third-order valence-electron chi connectivity index (χ3n) is 5.44. The quantitative estimate of drug-likeness (QED) is 0.926. The Hall–Kier alpha value is -2.36. The summed E-state index contributed by atoms with van der Waals surface area (Å²) >= 11 is 0. The molecule has 130 valence electrons. The average molecular weight is 334 g/mol. The topological polar surface area (TPSA) is 40.5 Å². The molecular formula is C21H26N4. The van der Waals surface area contributed by atoms with Crippen LogP contribution in [0.3, 0.4) is 0 Å². The molecule has 1 saturated heterocycles. The second-order valence-electron chi connectivity index (χ2n) is 7.38. The molecule has 3 unspecified atom stereocenters. The summed E-state index contributed by atoms with van der Waals surface area (Å²) in [7, 11) is 0. The van der Waals surface area contributed by atoms with Crippen molar-refractivity contribution in [3.05, 3.63) is 54.4 Å². The first-order valence-electron chi connectivity index (χ1n) is 9.28. The molecule has 1 aromatic carbocycles. The molecule has 0 radical (unpaired) electrons. The molecule has 2 aliphatic rings. The minimum Gasteiger partial charge on any atom is -0.350 e. The van der Waals surface area contributed by atoms with Crippen molar-refractivity contribution in [1.29, 1.82) is 0 Å². The fourth-order valence-electron chi connectivity index (χ4n) is 3.85. The van der Waals surface area contributed by atoms with Gasteiger partial charge in [0, 0.05) is 18.9 Å². The van der Waals surface area contributed by atoms with Crippen LogP contribution in [0.1, 0.15) is 38.3 Å². The molecule has 1 N–H and O–H groups in total. The molecule has 0 bridgehead atoms. The maximum Gasteiger partial charge on any atom is 0.194 e. The Kier molecular flexibility index (Phi) is 4.43. The Morgan fingerprint density at radius 3 is 2.52 bits per heavy atom. The van der Waals surface area contributed by atoms with E-state index in [9.17, 15) is 0 Å². The highest BCUT2D eigenvalue weighted by atomic mass is 15.4. The van der Waals surface area contributed by atoms with Crippen LogP contribution in [0.2, 0.25) is 0 Å². The minimum absolute atomic E-state index is 0.251. The molecular weight excluding hydrogens is 308 g/mol. The fourth-order valence-corrected chi connectivity index (χ4v) is 3.85. The van der Waals surface area contributed by atoms with Crippen molar-refractivity contribution in [1.82, 2.24) is 15.2 Å². The van der Waals surface area contributed by atoms with E-state index in [1.54, 1.807) is 0 Å². The Labute approximate surface area is 150 Å². The van der Waals surface area contributed by atoms with Gasteiger partial charge in [-0.2, -0.15) is 0 Å². The van der Waals surface area contributed by atoms with E-state index in [-0.39, 0.29) is 6.04 Å². The van der Waals surface area contributed by atoms with E-state index in [1.807, 2.05) is 24.5 Å². The van der Waals surface area contributed by atoms with Gasteiger partial charge in [-0.05, 0) is 54.5 Å². The summed E-state index contributed by atoms with van der Waals surface area (Å²) in [6, 6.07) is 13.7. The molecule has 25 heavy (non-hydrogen) atoms. The van der Waals surface area contributed by atoms with E-state index < -0.39 is 0 Å². The number of benzene rings is 1. The maximum atomic E-state index is 4.77. The van der Waals surface area contributed by atoms with Crippen LogP contribution in [-0.4, -0.2) is 35.0 Å². The average Bonchev–Trinajstić information content (AvgIpc) is 3.04. The minimum atomic E-state index is 0.251. The highest BCUT2D eigenvalue weighted by molar-refractivity contribution is 5.82. The van der Waals surface area contributed by atoms with Crippen LogP contribution in [0.5, 0.6) is 0 Å². The van der Waals surface area contributed by atoms with E-state index in [2.05, 4.69) is 53.3 Å². The lowest BCUT2D eigenvalue weighted by Gasteiger charge is -2.36. The SMILES string of the molecule is CC1CCC2CN=C(NC(C)c3ccc(-c4ccncc4)cc3)N2C1. The van der Waals surface area contributed by atoms with Crippen molar-refractivity contribution < 1.29 is 0 Å². The molecule has 1 fully saturated rings. The number of nitrogens with zero attached hydrogens (tertiary/aromatic N) is 3. The zero-order chi connectivity index (χ0) is 17.2. The first-order chi connectivity index (χ1) is 12.2. The van der Waals surface area contributed by atoms with E-state index in [0.717, 1.165) is 25.0 Å². The molecule has 3 atom stereocenters. The van der Waals surface area contributed by atoms with Gasteiger partial charge in [0.1, 0.15) is 0 Å². The third kappa shape index (κ3) is 3.39. The highest BCUT2D eigenvalue weighted by Gasteiger charge is 2.33.